The molecule has 1 aliphatic rings. The van der Waals surface area contributed by atoms with Gasteiger partial charge in [0, 0.05) is 39.3 Å². The molecule has 0 saturated carbocycles. The van der Waals surface area contributed by atoms with E-state index in [4.69, 9.17) is 5.14 Å². The summed E-state index contributed by atoms with van der Waals surface area (Å²) in [4.78, 5) is 24.1. The summed E-state index contributed by atoms with van der Waals surface area (Å²) in [6.07, 6.45) is 1.85. The van der Waals surface area contributed by atoms with E-state index in [1.54, 1.807) is 12.1 Å². The molecule has 184 valence electrons. The third kappa shape index (κ3) is 6.29. The maximum atomic E-state index is 11.9. The lowest BCUT2D eigenvalue weighted by Gasteiger charge is -2.35. The highest BCUT2D eigenvalue weighted by Crippen LogP contribution is 2.32. The average Bonchev–Trinajstić information content (AvgIpc) is 2.85. The van der Waals surface area contributed by atoms with Gasteiger partial charge >= 0.3 is 5.69 Å². The number of hydrogen-bond acceptors (Lipinski definition) is 9. The maximum absolute atomic E-state index is 11.9. The van der Waals surface area contributed by atoms with E-state index in [0.717, 1.165) is 25.2 Å². The van der Waals surface area contributed by atoms with E-state index in [1.807, 2.05) is 23.1 Å². The van der Waals surface area contributed by atoms with Crippen molar-refractivity contribution in [1.82, 2.24) is 14.9 Å². The fourth-order valence-electron chi connectivity index (χ4n) is 4.03. The molecule has 3 aromatic rings. The second-order valence-corrected chi connectivity index (χ2v) is 9.83. The molecule has 0 atom stereocenters. The van der Waals surface area contributed by atoms with Gasteiger partial charge in [0.15, 0.2) is 0 Å². The van der Waals surface area contributed by atoms with Gasteiger partial charge in [-0.25, -0.2) is 23.5 Å². The van der Waals surface area contributed by atoms with Crippen LogP contribution in [0.5, 0.6) is 0 Å². The molecule has 0 spiro atoms. The summed E-state index contributed by atoms with van der Waals surface area (Å²) in [5, 5.41) is 20.1. The Kier molecular flexibility index (Phi) is 7.54. The monoisotopic (exact) mass is 497 g/mol. The number of nitrogens with one attached hydrogen (secondary N) is 1. The van der Waals surface area contributed by atoms with E-state index in [1.165, 1.54) is 24.0 Å². The lowest BCUT2D eigenvalue weighted by molar-refractivity contribution is -0.383. The number of rotatable bonds is 9. The van der Waals surface area contributed by atoms with Crippen LogP contribution in [0.3, 0.4) is 0 Å². The zero-order chi connectivity index (χ0) is 24.8. The Labute approximate surface area is 203 Å². The van der Waals surface area contributed by atoms with Gasteiger partial charge in [0.25, 0.3) is 0 Å². The largest absolute Gasteiger partial charge is 0.364 e. The first-order valence-corrected chi connectivity index (χ1v) is 12.7. The highest BCUT2D eigenvalue weighted by molar-refractivity contribution is 7.89. The molecule has 11 nitrogen and oxygen atoms in total. The molecule has 1 aliphatic heterocycles. The number of primary sulfonamides is 1. The number of nitrogens with zero attached hydrogens (tertiary/aromatic N) is 5. The van der Waals surface area contributed by atoms with E-state index in [2.05, 4.69) is 32.3 Å². The topological polar surface area (TPSA) is 148 Å². The zero-order valence-corrected chi connectivity index (χ0v) is 19.9. The fourth-order valence-corrected chi connectivity index (χ4v) is 4.54. The molecule has 2 aromatic carbocycles. The molecule has 0 bridgehead atoms. The predicted molar refractivity (Wildman–Crippen MR) is 133 cm³/mol. The third-order valence-corrected chi connectivity index (χ3v) is 6.79. The fraction of sp³-hybridized carbons (Fsp3) is 0.304. The molecule has 1 saturated heterocycles. The minimum Gasteiger partial charge on any atom is -0.364 e. The summed E-state index contributed by atoms with van der Waals surface area (Å²) in [5.41, 5.74) is 1.95. The second-order valence-electron chi connectivity index (χ2n) is 8.27. The van der Waals surface area contributed by atoms with Crippen molar-refractivity contribution in [2.75, 3.05) is 42.9 Å². The Morgan fingerprint density at radius 1 is 0.971 bits per heavy atom. The van der Waals surface area contributed by atoms with Crippen LogP contribution < -0.4 is 15.4 Å². The first-order valence-electron chi connectivity index (χ1n) is 11.2. The number of nitro groups is 1. The van der Waals surface area contributed by atoms with Gasteiger partial charge in [0.05, 0.1) is 9.82 Å². The summed E-state index contributed by atoms with van der Waals surface area (Å²) in [6.45, 7) is 4.00. The van der Waals surface area contributed by atoms with E-state index >= 15 is 0 Å². The maximum Gasteiger partial charge on any atom is 0.353 e. The number of anilines is 2. The van der Waals surface area contributed by atoms with Gasteiger partial charge in [-0.2, -0.15) is 0 Å². The average molecular weight is 498 g/mol. The van der Waals surface area contributed by atoms with Gasteiger partial charge in [0.2, 0.25) is 21.7 Å². The van der Waals surface area contributed by atoms with Gasteiger partial charge < -0.3 is 10.2 Å². The second kappa shape index (κ2) is 10.8. The van der Waals surface area contributed by atoms with Crippen molar-refractivity contribution in [1.29, 1.82) is 0 Å². The standard InChI is InChI=1S/C23H27N7O4S/c24-35(33,34)20-8-6-18(7-9-20)10-11-25-22-21(30(31)32)23(27-17-26-22)29-14-12-28(13-15-29)16-19-4-2-1-3-5-19/h1-9,17H,10-16H2,(H2,24,33,34)(H,25,26,27). The van der Waals surface area contributed by atoms with Gasteiger partial charge in [0.1, 0.15) is 6.33 Å². The first kappa shape index (κ1) is 24.5. The Balaban J connectivity index is 1.39. The van der Waals surface area contributed by atoms with E-state index in [0.29, 0.717) is 31.9 Å². The van der Waals surface area contributed by atoms with Gasteiger partial charge in [-0.1, -0.05) is 42.5 Å². The highest BCUT2D eigenvalue weighted by atomic mass is 32.2. The molecular formula is C23H27N7O4S. The molecule has 0 aliphatic carbocycles. The van der Waals surface area contributed by atoms with Crippen molar-refractivity contribution in [3.8, 4) is 0 Å². The smallest absolute Gasteiger partial charge is 0.353 e. The van der Waals surface area contributed by atoms with Crippen molar-refractivity contribution in [3.05, 3.63) is 82.2 Å². The molecule has 12 heteroatoms. The quantitative estimate of drug-likeness (QED) is 0.334. The van der Waals surface area contributed by atoms with Crippen molar-refractivity contribution in [3.63, 3.8) is 0 Å². The minimum atomic E-state index is -3.75. The summed E-state index contributed by atoms with van der Waals surface area (Å²) >= 11 is 0. The molecule has 0 unspecified atom stereocenters. The van der Waals surface area contributed by atoms with Crippen LogP contribution in [0.1, 0.15) is 11.1 Å². The van der Waals surface area contributed by atoms with Crippen molar-refractivity contribution < 1.29 is 13.3 Å². The summed E-state index contributed by atoms with van der Waals surface area (Å²) in [6, 6.07) is 16.4. The van der Waals surface area contributed by atoms with Crippen LogP contribution >= 0.6 is 0 Å². The van der Waals surface area contributed by atoms with Crippen LogP contribution in [0, 0.1) is 10.1 Å². The first-order chi connectivity index (χ1) is 16.8. The SMILES string of the molecule is NS(=O)(=O)c1ccc(CCNc2ncnc(N3CCN(Cc4ccccc4)CC3)c2[N+](=O)[O-])cc1. The number of aromatic nitrogens is 2. The van der Waals surface area contributed by atoms with E-state index in [-0.39, 0.29) is 16.4 Å². The van der Waals surface area contributed by atoms with Crippen LogP contribution in [-0.4, -0.2) is 60.9 Å². The Bertz CT molecular complexity index is 1260. The van der Waals surface area contributed by atoms with Gasteiger partial charge in [-0.05, 0) is 29.7 Å². The van der Waals surface area contributed by atoms with Crippen molar-refractivity contribution >= 4 is 27.3 Å². The highest BCUT2D eigenvalue weighted by Gasteiger charge is 2.29. The zero-order valence-electron chi connectivity index (χ0n) is 19.1. The van der Waals surface area contributed by atoms with Crippen molar-refractivity contribution in [2.45, 2.75) is 17.9 Å². The Morgan fingerprint density at radius 3 is 2.29 bits per heavy atom. The molecule has 1 fully saturated rings. The number of sulfonamides is 1. The number of benzene rings is 2. The number of piperazine rings is 1. The molecule has 0 amide bonds. The minimum absolute atomic E-state index is 0.0363. The van der Waals surface area contributed by atoms with Gasteiger partial charge in [-0.15, -0.1) is 0 Å². The van der Waals surface area contributed by atoms with Crippen molar-refractivity contribution in [2.24, 2.45) is 5.14 Å². The van der Waals surface area contributed by atoms with Crippen LogP contribution in [0.25, 0.3) is 0 Å². The van der Waals surface area contributed by atoms with Crippen LogP contribution in [0.2, 0.25) is 0 Å². The molecule has 2 heterocycles. The normalized spacial score (nSPS) is 14.6. The molecule has 3 N–H and O–H groups in total. The third-order valence-electron chi connectivity index (χ3n) is 5.86. The van der Waals surface area contributed by atoms with E-state index < -0.39 is 14.9 Å². The Morgan fingerprint density at radius 2 is 1.66 bits per heavy atom. The molecular weight excluding hydrogens is 470 g/mol. The number of nitrogens with two attached hydrogens (primary N) is 1. The summed E-state index contributed by atoms with van der Waals surface area (Å²) in [5.74, 6) is 0.470. The lowest BCUT2D eigenvalue weighted by Crippen LogP contribution is -2.46. The summed E-state index contributed by atoms with van der Waals surface area (Å²) < 4.78 is 22.8. The van der Waals surface area contributed by atoms with E-state index in [9.17, 15) is 18.5 Å². The Hall–Kier alpha value is -3.61. The van der Waals surface area contributed by atoms with Crippen LogP contribution in [-0.2, 0) is 23.0 Å². The van der Waals surface area contributed by atoms with Crippen LogP contribution in [0.4, 0.5) is 17.3 Å². The molecule has 4 rings (SSSR count). The van der Waals surface area contributed by atoms with Gasteiger partial charge in [-0.3, -0.25) is 15.0 Å². The number of hydrogen-bond donors (Lipinski definition) is 2. The molecule has 1 aromatic heterocycles. The lowest BCUT2D eigenvalue weighted by atomic mass is 10.1. The molecule has 0 radical (unpaired) electrons. The van der Waals surface area contributed by atoms with Crippen LogP contribution in [0.15, 0.2) is 65.8 Å². The summed E-state index contributed by atoms with van der Waals surface area (Å²) in [7, 11) is -3.75. The predicted octanol–water partition coefficient (Wildman–Crippen LogP) is 2.01. The molecule has 35 heavy (non-hydrogen) atoms.